The molecule has 0 radical (unpaired) electrons. The van der Waals surface area contributed by atoms with E-state index in [9.17, 15) is 9.59 Å². The van der Waals surface area contributed by atoms with Crippen molar-refractivity contribution in [3.63, 3.8) is 0 Å². The van der Waals surface area contributed by atoms with Crippen molar-refractivity contribution < 1.29 is 9.59 Å². The van der Waals surface area contributed by atoms with Crippen LogP contribution in [0.25, 0.3) is 0 Å². The SMILES string of the molecule is CCN(CCC#N)CC(=O)NC(C(C)=O)C(C)C. The van der Waals surface area contributed by atoms with Gasteiger partial charge in [0.05, 0.1) is 18.7 Å². The average Bonchev–Trinajstić information content (AvgIpc) is 2.30. The Labute approximate surface area is 109 Å². The van der Waals surface area contributed by atoms with Crippen molar-refractivity contribution in [3.8, 4) is 6.07 Å². The summed E-state index contributed by atoms with van der Waals surface area (Å²) in [5.74, 6) is -0.109. The lowest BCUT2D eigenvalue weighted by atomic mass is 10.0. The van der Waals surface area contributed by atoms with E-state index in [1.807, 2.05) is 25.7 Å². The van der Waals surface area contributed by atoms with Gasteiger partial charge in [-0.05, 0) is 19.4 Å². The highest BCUT2D eigenvalue weighted by atomic mass is 16.2. The van der Waals surface area contributed by atoms with Gasteiger partial charge >= 0.3 is 0 Å². The van der Waals surface area contributed by atoms with Crippen LogP contribution < -0.4 is 5.32 Å². The summed E-state index contributed by atoms with van der Waals surface area (Å²) in [6.07, 6.45) is 0.404. The van der Waals surface area contributed by atoms with E-state index < -0.39 is 6.04 Å². The maximum absolute atomic E-state index is 11.8. The smallest absolute Gasteiger partial charge is 0.234 e. The van der Waals surface area contributed by atoms with Crippen LogP contribution in [-0.4, -0.2) is 42.3 Å². The minimum atomic E-state index is -0.424. The van der Waals surface area contributed by atoms with Crippen molar-refractivity contribution in [1.29, 1.82) is 5.26 Å². The molecule has 102 valence electrons. The molecule has 0 aromatic rings. The van der Waals surface area contributed by atoms with E-state index in [0.29, 0.717) is 19.5 Å². The Kier molecular flexibility index (Phi) is 7.97. The number of rotatable bonds is 8. The van der Waals surface area contributed by atoms with Gasteiger partial charge in [-0.3, -0.25) is 14.5 Å². The number of likely N-dealkylation sites (N-methyl/N-ethyl adjacent to an activating group) is 1. The van der Waals surface area contributed by atoms with Gasteiger partial charge in [0, 0.05) is 13.0 Å². The van der Waals surface area contributed by atoms with Crippen LogP contribution in [0.4, 0.5) is 0 Å². The van der Waals surface area contributed by atoms with E-state index in [1.54, 1.807) is 0 Å². The van der Waals surface area contributed by atoms with Gasteiger partial charge in [-0.15, -0.1) is 0 Å². The molecule has 1 atom stereocenters. The highest BCUT2D eigenvalue weighted by Gasteiger charge is 2.21. The summed E-state index contributed by atoms with van der Waals surface area (Å²) >= 11 is 0. The van der Waals surface area contributed by atoms with E-state index in [2.05, 4.69) is 11.4 Å². The first-order valence-electron chi connectivity index (χ1n) is 6.31. The van der Waals surface area contributed by atoms with Crippen molar-refractivity contribution in [2.24, 2.45) is 5.92 Å². The fourth-order valence-corrected chi connectivity index (χ4v) is 1.72. The molecule has 0 saturated heterocycles. The van der Waals surface area contributed by atoms with Crippen LogP contribution in [-0.2, 0) is 9.59 Å². The van der Waals surface area contributed by atoms with Crippen LogP contribution in [0, 0.1) is 17.2 Å². The number of nitriles is 1. The van der Waals surface area contributed by atoms with E-state index in [1.165, 1.54) is 6.92 Å². The Morgan fingerprint density at radius 3 is 2.39 bits per heavy atom. The lowest BCUT2D eigenvalue weighted by Gasteiger charge is -2.23. The van der Waals surface area contributed by atoms with Gasteiger partial charge in [-0.25, -0.2) is 0 Å². The largest absolute Gasteiger partial charge is 0.345 e. The first-order chi connectivity index (χ1) is 8.42. The molecule has 0 aromatic heterocycles. The molecule has 5 heteroatoms. The van der Waals surface area contributed by atoms with E-state index in [-0.39, 0.29) is 24.2 Å². The molecule has 0 rings (SSSR count). The number of hydrogen-bond acceptors (Lipinski definition) is 4. The maximum Gasteiger partial charge on any atom is 0.234 e. The summed E-state index contributed by atoms with van der Waals surface area (Å²) in [6, 6.07) is 1.63. The molecule has 0 saturated carbocycles. The van der Waals surface area contributed by atoms with Gasteiger partial charge < -0.3 is 5.32 Å². The summed E-state index contributed by atoms with van der Waals surface area (Å²) in [7, 11) is 0. The summed E-state index contributed by atoms with van der Waals surface area (Å²) in [5.41, 5.74) is 0. The number of nitrogens with zero attached hydrogens (tertiary/aromatic N) is 2. The first kappa shape index (κ1) is 16.6. The molecule has 18 heavy (non-hydrogen) atoms. The monoisotopic (exact) mass is 253 g/mol. The molecule has 1 amide bonds. The summed E-state index contributed by atoms with van der Waals surface area (Å²) in [4.78, 5) is 25.1. The first-order valence-corrected chi connectivity index (χ1v) is 6.31. The molecular formula is C13H23N3O2. The van der Waals surface area contributed by atoms with Crippen LogP contribution in [0.2, 0.25) is 0 Å². The highest BCUT2D eigenvalue weighted by molar-refractivity contribution is 5.88. The minimum Gasteiger partial charge on any atom is -0.345 e. The van der Waals surface area contributed by atoms with Crippen molar-refractivity contribution >= 4 is 11.7 Å². The van der Waals surface area contributed by atoms with Crippen LogP contribution in [0.3, 0.4) is 0 Å². The molecular weight excluding hydrogens is 230 g/mol. The van der Waals surface area contributed by atoms with E-state index in [4.69, 9.17) is 5.26 Å². The second-order valence-corrected chi connectivity index (χ2v) is 4.68. The third-order valence-electron chi connectivity index (χ3n) is 2.78. The Morgan fingerprint density at radius 1 is 1.39 bits per heavy atom. The van der Waals surface area contributed by atoms with Gasteiger partial charge in [-0.2, -0.15) is 5.26 Å². The van der Waals surface area contributed by atoms with E-state index >= 15 is 0 Å². The third-order valence-corrected chi connectivity index (χ3v) is 2.78. The second kappa shape index (κ2) is 8.65. The van der Waals surface area contributed by atoms with E-state index in [0.717, 1.165) is 0 Å². The molecule has 0 fully saturated rings. The molecule has 0 aliphatic heterocycles. The molecule has 1 unspecified atom stereocenters. The molecule has 0 aromatic carbocycles. The number of nitrogens with one attached hydrogen (secondary N) is 1. The molecule has 0 bridgehead atoms. The average molecular weight is 253 g/mol. The Morgan fingerprint density at radius 2 is 2.00 bits per heavy atom. The number of carbonyl (C=O) groups is 2. The van der Waals surface area contributed by atoms with Crippen LogP contribution in [0.1, 0.15) is 34.1 Å². The van der Waals surface area contributed by atoms with Gasteiger partial charge in [0.2, 0.25) is 5.91 Å². The minimum absolute atomic E-state index is 0.0292. The Hall–Kier alpha value is -1.41. The lowest BCUT2D eigenvalue weighted by molar-refractivity contribution is -0.128. The van der Waals surface area contributed by atoms with Crippen molar-refractivity contribution in [2.45, 2.75) is 40.2 Å². The Bertz CT molecular complexity index is 321. The Balaban J connectivity index is 4.30. The normalized spacial score (nSPS) is 12.3. The lowest BCUT2D eigenvalue weighted by Crippen LogP contribution is -2.47. The highest BCUT2D eigenvalue weighted by Crippen LogP contribution is 2.02. The molecule has 0 heterocycles. The maximum atomic E-state index is 11.8. The summed E-state index contributed by atoms with van der Waals surface area (Å²) < 4.78 is 0. The standard InChI is InChI=1S/C13H23N3O2/c1-5-16(8-6-7-14)9-12(18)15-13(10(2)3)11(4)17/h10,13H,5-6,8-9H2,1-4H3,(H,15,18). The number of carbonyl (C=O) groups excluding carboxylic acids is 2. The topological polar surface area (TPSA) is 73.2 Å². The van der Waals surface area contributed by atoms with Gasteiger partial charge in [0.15, 0.2) is 5.78 Å². The zero-order valence-corrected chi connectivity index (χ0v) is 11.7. The second-order valence-electron chi connectivity index (χ2n) is 4.68. The molecule has 0 aliphatic carbocycles. The quantitative estimate of drug-likeness (QED) is 0.699. The molecule has 5 nitrogen and oxygen atoms in total. The van der Waals surface area contributed by atoms with Crippen molar-refractivity contribution in [2.75, 3.05) is 19.6 Å². The van der Waals surface area contributed by atoms with Crippen LogP contribution >= 0.6 is 0 Å². The summed E-state index contributed by atoms with van der Waals surface area (Å²) in [6.45, 7) is 8.75. The van der Waals surface area contributed by atoms with Crippen molar-refractivity contribution in [3.05, 3.63) is 0 Å². The fourth-order valence-electron chi connectivity index (χ4n) is 1.72. The summed E-state index contributed by atoms with van der Waals surface area (Å²) in [5, 5.41) is 11.3. The predicted molar refractivity (Wildman–Crippen MR) is 69.8 cm³/mol. The molecule has 0 aliphatic rings. The number of hydrogen-bond donors (Lipinski definition) is 1. The molecule has 0 spiro atoms. The number of ketones is 1. The van der Waals surface area contributed by atoms with Crippen LogP contribution in [0.5, 0.6) is 0 Å². The zero-order chi connectivity index (χ0) is 14.1. The van der Waals surface area contributed by atoms with Gasteiger partial charge in [0.25, 0.3) is 0 Å². The zero-order valence-electron chi connectivity index (χ0n) is 11.7. The van der Waals surface area contributed by atoms with Crippen LogP contribution in [0.15, 0.2) is 0 Å². The van der Waals surface area contributed by atoms with Gasteiger partial charge in [-0.1, -0.05) is 20.8 Å². The van der Waals surface area contributed by atoms with Gasteiger partial charge in [0.1, 0.15) is 0 Å². The predicted octanol–water partition coefficient (Wildman–Crippen LogP) is 0.952. The fraction of sp³-hybridized carbons (Fsp3) is 0.769. The molecule has 1 N–H and O–H groups in total. The number of amides is 1. The number of Topliss-reactive ketones (excluding diaryl/α,β-unsaturated/α-hetero) is 1. The van der Waals surface area contributed by atoms with Crippen molar-refractivity contribution in [1.82, 2.24) is 10.2 Å². The third kappa shape index (κ3) is 6.36.